The van der Waals surface area contributed by atoms with E-state index in [0.717, 1.165) is 0 Å². The Morgan fingerprint density at radius 1 is 1.06 bits per heavy atom. The van der Waals surface area contributed by atoms with Crippen molar-refractivity contribution in [3.05, 3.63) is 12.1 Å². The van der Waals surface area contributed by atoms with Crippen molar-refractivity contribution in [3.8, 4) is 0 Å². The monoisotopic (exact) mass is 256 g/mol. The first kappa shape index (κ1) is 15.0. The third kappa shape index (κ3) is 4.25. The molecule has 5 heteroatoms. The van der Waals surface area contributed by atoms with E-state index in [-0.39, 0.29) is 18.3 Å². The fourth-order valence-electron chi connectivity index (χ4n) is 1.43. The quantitative estimate of drug-likeness (QED) is 0.723. The second kappa shape index (κ2) is 4.88. The molecule has 17 heavy (non-hydrogen) atoms. The topological polar surface area (TPSA) is 27.7 Å². The van der Waals surface area contributed by atoms with E-state index in [4.69, 9.17) is 13.7 Å². The molecule has 0 radical (unpaired) electrons. The van der Waals surface area contributed by atoms with Gasteiger partial charge < -0.3 is 13.7 Å². The van der Waals surface area contributed by atoms with Gasteiger partial charge in [0.2, 0.25) is 0 Å². The van der Waals surface area contributed by atoms with Crippen LogP contribution >= 0.6 is 0 Å². The number of hydrogen-bond acceptors (Lipinski definition) is 3. The lowest BCUT2D eigenvalue weighted by molar-refractivity contribution is 0.00578. The molecule has 0 amide bonds. The Morgan fingerprint density at radius 2 is 1.53 bits per heavy atom. The molecule has 1 fully saturated rings. The lowest BCUT2D eigenvalue weighted by Crippen LogP contribution is -2.41. The zero-order valence-electron chi connectivity index (χ0n) is 12.2. The summed E-state index contributed by atoms with van der Waals surface area (Å²) < 4.78 is 17.4. The first-order valence-corrected chi connectivity index (χ1v) is 9.61. The molecular formula is C12H25BO3Si. The van der Waals surface area contributed by atoms with Crippen LogP contribution in [-0.4, -0.2) is 33.2 Å². The number of rotatable bonds is 4. The fourth-order valence-corrected chi connectivity index (χ4v) is 2.03. The Bertz CT molecular complexity index is 279. The molecule has 0 unspecified atom stereocenters. The Kier molecular flexibility index (Phi) is 4.29. The average Bonchev–Trinajstić information content (AvgIpc) is 2.28. The molecule has 0 aromatic carbocycles. The molecule has 0 aromatic rings. The minimum atomic E-state index is -1.42. The van der Waals surface area contributed by atoms with E-state index < -0.39 is 8.32 Å². The lowest BCUT2D eigenvalue weighted by Gasteiger charge is -2.32. The molecule has 0 aliphatic carbocycles. The largest absolute Gasteiger partial charge is 0.486 e. The SMILES string of the molecule is CC1(C)OB(/C=C/CO[Si](C)(C)C)OC1(C)C. The molecule has 0 N–H and O–H groups in total. The lowest BCUT2D eigenvalue weighted by atomic mass is 9.90. The maximum Gasteiger partial charge on any atom is 0.486 e. The van der Waals surface area contributed by atoms with Crippen molar-refractivity contribution in [1.82, 2.24) is 0 Å². The van der Waals surface area contributed by atoms with E-state index in [1.165, 1.54) is 0 Å². The second-order valence-electron chi connectivity index (χ2n) is 6.48. The molecule has 1 saturated heterocycles. The summed E-state index contributed by atoms with van der Waals surface area (Å²) >= 11 is 0. The van der Waals surface area contributed by atoms with E-state index in [1.807, 2.05) is 12.1 Å². The molecule has 0 bridgehead atoms. The molecule has 0 spiro atoms. The van der Waals surface area contributed by atoms with E-state index in [2.05, 4.69) is 47.3 Å². The van der Waals surface area contributed by atoms with Crippen LogP contribution in [0.25, 0.3) is 0 Å². The highest BCUT2D eigenvalue weighted by molar-refractivity contribution is 6.69. The maximum absolute atomic E-state index is 5.84. The van der Waals surface area contributed by atoms with Crippen LogP contribution in [-0.2, 0) is 13.7 Å². The van der Waals surface area contributed by atoms with Gasteiger partial charge in [0.25, 0.3) is 0 Å². The summed E-state index contributed by atoms with van der Waals surface area (Å²) in [5, 5.41) is 0. The van der Waals surface area contributed by atoms with Crippen molar-refractivity contribution in [2.75, 3.05) is 6.61 Å². The van der Waals surface area contributed by atoms with E-state index in [1.54, 1.807) is 0 Å². The second-order valence-corrected chi connectivity index (χ2v) is 11.0. The van der Waals surface area contributed by atoms with Gasteiger partial charge in [-0.05, 0) is 47.3 Å². The molecule has 0 atom stereocenters. The van der Waals surface area contributed by atoms with Gasteiger partial charge in [-0.15, -0.1) is 0 Å². The first-order valence-electron chi connectivity index (χ1n) is 6.20. The molecule has 1 heterocycles. The highest BCUT2D eigenvalue weighted by Gasteiger charge is 2.49. The predicted octanol–water partition coefficient (Wildman–Crippen LogP) is 3.03. The van der Waals surface area contributed by atoms with Crippen molar-refractivity contribution in [3.63, 3.8) is 0 Å². The molecule has 0 saturated carbocycles. The predicted molar refractivity (Wildman–Crippen MR) is 74.5 cm³/mol. The highest BCUT2D eigenvalue weighted by atomic mass is 28.4. The van der Waals surface area contributed by atoms with Crippen molar-refractivity contribution in [1.29, 1.82) is 0 Å². The maximum atomic E-state index is 5.84. The minimum Gasteiger partial charge on any atom is -0.414 e. The van der Waals surface area contributed by atoms with Crippen LogP contribution in [0.2, 0.25) is 19.6 Å². The van der Waals surface area contributed by atoms with E-state index in [0.29, 0.717) is 6.61 Å². The summed E-state index contributed by atoms with van der Waals surface area (Å²) in [4.78, 5) is 0. The van der Waals surface area contributed by atoms with Crippen LogP contribution in [0, 0.1) is 0 Å². The van der Waals surface area contributed by atoms with Gasteiger partial charge in [-0.3, -0.25) is 0 Å². The standard InChI is InChI=1S/C12H25BO3Si/c1-11(2)12(3,4)16-13(15-11)9-8-10-14-17(5,6)7/h8-9H,10H2,1-7H3/b9-8+. The summed E-state index contributed by atoms with van der Waals surface area (Å²) in [7, 11) is -1.68. The van der Waals surface area contributed by atoms with Gasteiger partial charge in [-0.1, -0.05) is 12.1 Å². The van der Waals surface area contributed by atoms with Crippen LogP contribution in [0.5, 0.6) is 0 Å². The molecular weight excluding hydrogens is 231 g/mol. The zero-order valence-corrected chi connectivity index (χ0v) is 13.2. The van der Waals surface area contributed by atoms with Gasteiger partial charge in [0, 0.05) is 0 Å². The smallest absolute Gasteiger partial charge is 0.414 e. The Balaban J connectivity index is 2.43. The Morgan fingerprint density at radius 3 is 1.94 bits per heavy atom. The van der Waals surface area contributed by atoms with Gasteiger partial charge in [0.15, 0.2) is 8.32 Å². The van der Waals surface area contributed by atoms with Crippen LogP contribution in [0.3, 0.4) is 0 Å². The van der Waals surface area contributed by atoms with Gasteiger partial charge in [0.1, 0.15) is 0 Å². The fraction of sp³-hybridized carbons (Fsp3) is 0.833. The van der Waals surface area contributed by atoms with E-state index in [9.17, 15) is 0 Å². The molecule has 3 nitrogen and oxygen atoms in total. The van der Waals surface area contributed by atoms with Gasteiger partial charge in [-0.25, -0.2) is 0 Å². The van der Waals surface area contributed by atoms with Crippen molar-refractivity contribution in [2.45, 2.75) is 58.5 Å². The zero-order chi connectivity index (χ0) is 13.3. The average molecular weight is 256 g/mol. The summed E-state index contributed by atoms with van der Waals surface area (Å²) in [5.74, 6) is 1.94. The minimum absolute atomic E-state index is 0.259. The third-order valence-electron chi connectivity index (χ3n) is 3.18. The normalized spacial score (nSPS) is 23.6. The van der Waals surface area contributed by atoms with Gasteiger partial charge in [-0.2, -0.15) is 0 Å². The van der Waals surface area contributed by atoms with Crippen molar-refractivity contribution >= 4 is 15.4 Å². The van der Waals surface area contributed by atoms with Crippen molar-refractivity contribution in [2.24, 2.45) is 0 Å². The van der Waals surface area contributed by atoms with Crippen molar-refractivity contribution < 1.29 is 13.7 Å². The summed E-state index contributed by atoms with van der Waals surface area (Å²) in [5.41, 5.74) is -0.525. The van der Waals surface area contributed by atoms with Crippen LogP contribution in [0.15, 0.2) is 12.1 Å². The Hall–Kier alpha value is -0.0982. The summed E-state index contributed by atoms with van der Waals surface area (Å²) in [6, 6.07) is 0. The molecule has 1 rings (SSSR count). The van der Waals surface area contributed by atoms with Crippen LogP contribution < -0.4 is 0 Å². The number of hydrogen-bond donors (Lipinski definition) is 0. The van der Waals surface area contributed by atoms with Gasteiger partial charge >= 0.3 is 7.12 Å². The highest BCUT2D eigenvalue weighted by Crippen LogP contribution is 2.36. The molecule has 1 aliphatic rings. The van der Waals surface area contributed by atoms with E-state index >= 15 is 0 Å². The molecule has 98 valence electrons. The Labute approximate surface area is 107 Å². The molecule has 1 aliphatic heterocycles. The summed E-state index contributed by atoms with van der Waals surface area (Å²) in [6.07, 6.45) is 1.99. The summed E-state index contributed by atoms with van der Waals surface area (Å²) in [6.45, 7) is 15.4. The van der Waals surface area contributed by atoms with Gasteiger partial charge in [0.05, 0.1) is 17.8 Å². The van der Waals surface area contributed by atoms with Crippen LogP contribution in [0.1, 0.15) is 27.7 Å². The first-order chi connectivity index (χ1) is 7.54. The third-order valence-corrected chi connectivity index (χ3v) is 4.21. The van der Waals surface area contributed by atoms with Crippen LogP contribution in [0.4, 0.5) is 0 Å². The molecule has 0 aromatic heterocycles.